The highest BCUT2D eigenvalue weighted by atomic mass is 16.5. The van der Waals surface area contributed by atoms with Gasteiger partial charge in [0.15, 0.2) is 0 Å². The molecule has 1 atom stereocenters. The fourth-order valence-corrected chi connectivity index (χ4v) is 1.32. The van der Waals surface area contributed by atoms with Crippen LogP contribution >= 0.6 is 0 Å². The second-order valence-electron chi connectivity index (χ2n) is 3.37. The highest BCUT2D eigenvalue weighted by Gasteiger charge is 2.07. The summed E-state index contributed by atoms with van der Waals surface area (Å²) in [5.41, 5.74) is 1.14. The predicted octanol–water partition coefficient (Wildman–Crippen LogP) is 0.993. The number of nitrogens with one attached hydrogen (secondary N) is 1. The van der Waals surface area contributed by atoms with Crippen LogP contribution in [0, 0.1) is 12.3 Å². The summed E-state index contributed by atoms with van der Waals surface area (Å²) >= 11 is 0. The third-order valence-electron chi connectivity index (χ3n) is 2.20. The van der Waals surface area contributed by atoms with Crippen molar-refractivity contribution >= 4 is 5.97 Å². The lowest BCUT2D eigenvalue weighted by molar-refractivity contribution is -0.139. The van der Waals surface area contributed by atoms with Crippen LogP contribution in [0.4, 0.5) is 0 Å². The number of carbonyl (C=O) groups is 1. The van der Waals surface area contributed by atoms with Crippen LogP contribution in [0.15, 0.2) is 30.3 Å². The van der Waals surface area contributed by atoms with Crippen molar-refractivity contribution in [2.24, 2.45) is 0 Å². The van der Waals surface area contributed by atoms with Crippen LogP contribution in [0.3, 0.4) is 0 Å². The first-order valence-corrected chi connectivity index (χ1v) is 5.06. The van der Waals surface area contributed by atoms with Crippen molar-refractivity contribution in [3.8, 4) is 12.3 Å². The number of methoxy groups -OCH3 is 1. The van der Waals surface area contributed by atoms with Gasteiger partial charge in [0, 0.05) is 0 Å². The zero-order valence-electron chi connectivity index (χ0n) is 9.27. The highest BCUT2D eigenvalue weighted by Crippen LogP contribution is 2.02. The molecular formula is C13H15NO2. The molecule has 1 rings (SSSR count). The maximum atomic E-state index is 10.9. The first kappa shape index (κ1) is 12.3. The lowest BCUT2D eigenvalue weighted by atomic mass is 10.1. The molecular weight excluding hydrogens is 202 g/mol. The van der Waals surface area contributed by atoms with Crippen LogP contribution in [0.5, 0.6) is 0 Å². The van der Waals surface area contributed by atoms with E-state index in [9.17, 15) is 4.79 Å². The summed E-state index contributed by atoms with van der Waals surface area (Å²) in [4.78, 5) is 10.9. The number of benzene rings is 1. The normalized spacial score (nSPS) is 11.5. The van der Waals surface area contributed by atoms with Gasteiger partial charge in [0.1, 0.15) is 0 Å². The number of hydrogen-bond donors (Lipinski definition) is 1. The van der Waals surface area contributed by atoms with Crippen molar-refractivity contribution in [3.05, 3.63) is 35.9 Å². The number of terminal acetylenes is 1. The monoisotopic (exact) mass is 217 g/mol. The summed E-state index contributed by atoms with van der Waals surface area (Å²) in [5, 5.41) is 2.96. The number of rotatable bonds is 5. The fourth-order valence-electron chi connectivity index (χ4n) is 1.32. The van der Waals surface area contributed by atoms with Gasteiger partial charge in [-0.2, -0.15) is 0 Å². The molecule has 3 nitrogen and oxygen atoms in total. The molecule has 3 heteroatoms. The number of ether oxygens (including phenoxy) is 1. The molecule has 1 aromatic rings. The van der Waals surface area contributed by atoms with E-state index >= 15 is 0 Å². The van der Waals surface area contributed by atoms with E-state index in [1.54, 1.807) is 0 Å². The average Bonchev–Trinajstić information content (AvgIpc) is 2.35. The van der Waals surface area contributed by atoms with E-state index < -0.39 is 0 Å². The van der Waals surface area contributed by atoms with Gasteiger partial charge in [0.2, 0.25) is 0 Å². The Morgan fingerprint density at radius 3 is 2.75 bits per heavy atom. The maximum Gasteiger partial charge on any atom is 0.319 e. The van der Waals surface area contributed by atoms with Crippen LogP contribution in [-0.4, -0.2) is 25.7 Å². The van der Waals surface area contributed by atoms with Gasteiger partial charge in [-0.15, -0.1) is 6.42 Å². The smallest absolute Gasteiger partial charge is 0.319 e. The Morgan fingerprint density at radius 1 is 1.50 bits per heavy atom. The molecule has 0 heterocycles. The fraction of sp³-hybridized carbons (Fsp3) is 0.308. The van der Waals surface area contributed by atoms with E-state index in [-0.39, 0.29) is 18.6 Å². The summed E-state index contributed by atoms with van der Waals surface area (Å²) in [7, 11) is 1.35. The van der Waals surface area contributed by atoms with Crippen LogP contribution in [-0.2, 0) is 16.0 Å². The Kier molecular flexibility index (Phi) is 5.10. The number of esters is 1. The zero-order valence-corrected chi connectivity index (χ0v) is 9.27. The Balaban J connectivity index is 2.44. The van der Waals surface area contributed by atoms with Gasteiger partial charge in [0.05, 0.1) is 19.7 Å². The van der Waals surface area contributed by atoms with E-state index in [4.69, 9.17) is 6.42 Å². The average molecular weight is 217 g/mol. The van der Waals surface area contributed by atoms with Gasteiger partial charge in [-0.05, 0) is 12.0 Å². The number of carbonyl (C=O) groups excluding carboxylic acids is 1. The minimum Gasteiger partial charge on any atom is -0.468 e. The molecule has 0 aliphatic carbocycles. The minimum atomic E-state index is -0.312. The standard InChI is InChI=1S/C13H15NO2/c1-3-12(14-10-13(15)16-2)9-11-7-5-4-6-8-11/h1,4-8,12,14H,9-10H2,2H3. The Morgan fingerprint density at radius 2 is 2.19 bits per heavy atom. The van der Waals surface area contributed by atoms with Gasteiger partial charge in [-0.1, -0.05) is 36.3 Å². The largest absolute Gasteiger partial charge is 0.468 e. The first-order valence-electron chi connectivity index (χ1n) is 5.06. The second kappa shape index (κ2) is 6.65. The highest BCUT2D eigenvalue weighted by molar-refractivity contribution is 5.71. The SMILES string of the molecule is C#CC(Cc1ccccc1)NCC(=O)OC. The van der Waals surface area contributed by atoms with Gasteiger partial charge >= 0.3 is 5.97 Å². The number of hydrogen-bond acceptors (Lipinski definition) is 3. The molecule has 84 valence electrons. The molecule has 0 radical (unpaired) electrons. The van der Waals surface area contributed by atoms with Gasteiger partial charge in [-0.3, -0.25) is 10.1 Å². The van der Waals surface area contributed by atoms with E-state index in [1.165, 1.54) is 7.11 Å². The van der Waals surface area contributed by atoms with Crippen LogP contribution in [0.1, 0.15) is 5.56 Å². The molecule has 1 N–H and O–H groups in total. The quantitative estimate of drug-likeness (QED) is 0.590. The maximum absolute atomic E-state index is 10.9. The molecule has 0 spiro atoms. The molecule has 0 saturated heterocycles. The third kappa shape index (κ3) is 4.16. The molecule has 1 aromatic carbocycles. The molecule has 0 amide bonds. The lowest BCUT2D eigenvalue weighted by Crippen LogP contribution is -2.34. The van der Waals surface area contributed by atoms with Crippen molar-refractivity contribution in [3.63, 3.8) is 0 Å². The van der Waals surface area contributed by atoms with Crippen LogP contribution in [0.2, 0.25) is 0 Å². The summed E-state index contributed by atoms with van der Waals surface area (Å²) in [5.74, 6) is 2.30. The Hall–Kier alpha value is -1.79. The van der Waals surface area contributed by atoms with Crippen LogP contribution in [0.25, 0.3) is 0 Å². The summed E-state index contributed by atoms with van der Waals surface area (Å²) in [6.07, 6.45) is 6.09. The van der Waals surface area contributed by atoms with E-state index in [0.29, 0.717) is 6.42 Å². The summed E-state index contributed by atoms with van der Waals surface area (Å²) in [6, 6.07) is 9.73. The molecule has 1 unspecified atom stereocenters. The molecule has 0 aliphatic heterocycles. The summed E-state index contributed by atoms with van der Waals surface area (Å²) < 4.78 is 4.53. The van der Waals surface area contributed by atoms with E-state index in [0.717, 1.165) is 5.56 Å². The van der Waals surface area contributed by atoms with Crippen molar-refractivity contribution in [2.45, 2.75) is 12.5 Å². The Bertz CT molecular complexity index is 367. The molecule has 0 saturated carbocycles. The molecule has 0 fully saturated rings. The topological polar surface area (TPSA) is 38.3 Å². The van der Waals surface area contributed by atoms with Gasteiger partial charge < -0.3 is 4.74 Å². The Labute approximate surface area is 95.8 Å². The van der Waals surface area contributed by atoms with Crippen LogP contribution < -0.4 is 5.32 Å². The second-order valence-corrected chi connectivity index (χ2v) is 3.37. The molecule has 16 heavy (non-hydrogen) atoms. The predicted molar refractivity (Wildman–Crippen MR) is 62.8 cm³/mol. The van der Waals surface area contributed by atoms with E-state index in [1.807, 2.05) is 30.3 Å². The zero-order chi connectivity index (χ0) is 11.8. The van der Waals surface area contributed by atoms with Crippen molar-refractivity contribution in [1.29, 1.82) is 0 Å². The summed E-state index contributed by atoms with van der Waals surface area (Å²) in [6.45, 7) is 0.137. The van der Waals surface area contributed by atoms with E-state index in [2.05, 4.69) is 16.0 Å². The van der Waals surface area contributed by atoms with Gasteiger partial charge in [0.25, 0.3) is 0 Å². The molecule has 0 bridgehead atoms. The van der Waals surface area contributed by atoms with Gasteiger partial charge in [-0.25, -0.2) is 0 Å². The lowest BCUT2D eigenvalue weighted by Gasteiger charge is -2.11. The van der Waals surface area contributed by atoms with Crippen molar-refractivity contribution in [2.75, 3.05) is 13.7 Å². The van der Waals surface area contributed by atoms with Crippen molar-refractivity contribution < 1.29 is 9.53 Å². The molecule has 0 aromatic heterocycles. The first-order chi connectivity index (χ1) is 7.76. The van der Waals surface area contributed by atoms with Crippen molar-refractivity contribution in [1.82, 2.24) is 5.32 Å². The molecule has 0 aliphatic rings. The minimum absolute atomic E-state index is 0.137. The third-order valence-corrected chi connectivity index (χ3v) is 2.20.